The summed E-state index contributed by atoms with van der Waals surface area (Å²) in [6, 6.07) is 4.65. The van der Waals surface area contributed by atoms with Crippen molar-refractivity contribution in [1.82, 2.24) is 15.5 Å². The van der Waals surface area contributed by atoms with Gasteiger partial charge >= 0.3 is 0 Å². The Labute approximate surface area is 124 Å². The molecule has 0 aromatic heterocycles. The molecule has 1 amide bonds. The van der Waals surface area contributed by atoms with Crippen LogP contribution in [0.2, 0.25) is 0 Å². The average molecular weight is 295 g/mol. The summed E-state index contributed by atoms with van der Waals surface area (Å²) in [6.07, 6.45) is 0. The fourth-order valence-electron chi connectivity index (χ4n) is 2.73. The lowest BCUT2D eigenvalue weighted by Crippen LogP contribution is -2.57. The standard InChI is InChI=1S/C15H22FN3O2/c1-10(11-4-5-14(21-3)12(16)8-11)19-7-6-18-9-13(19)15(20)17-2/h4-5,8,10,13,18H,6-7,9H2,1-3H3,(H,17,20). The number of carbonyl (C=O) groups is 1. The number of amides is 1. The van der Waals surface area contributed by atoms with E-state index in [1.54, 1.807) is 13.1 Å². The van der Waals surface area contributed by atoms with Crippen LogP contribution < -0.4 is 15.4 Å². The van der Waals surface area contributed by atoms with E-state index in [9.17, 15) is 9.18 Å². The van der Waals surface area contributed by atoms with E-state index in [1.165, 1.54) is 13.2 Å². The van der Waals surface area contributed by atoms with Gasteiger partial charge < -0.3 is 15.4 Å². The van der Waals surface area contributed by atoms with Gasteiger partial charge in [0, 0.05) is 32.7 Å². The fraction of sp³-hybridized carbons (Fsp3) is 0.533. The van der Waals surface area contributed by atoms with Gasteiger partial charge in [0.25, 0.3) is 0 Å². The number of methoxy groups -OCH3 is 1. The number of nitrogens with one attached hydrogen (secondary N) is 2. The first-order valence-corrected chi connectivity index (χ1v) is 7.10. The van der Waals surface area contributed by atoms with Crippen LogP contribution in [0.5, 0.6) is 5.75 Å². The normalized spacial score (nSPS) is 20.9. The zero-order valence-corrected chi connectivity index (χ0v) is 12.6. The van der Waals surface area contributed by atoms with Crippen molar-refractivity contribution in [1.29, 1.82) is 0 Å². The Morgan fingerprint density at radius 1 is 1.57 bits per heavy atom. The number of hydrogen-bond acceptors (Lipinski definition) is 4. The van der Waals surface area contributed by atoms with Crippen LogP contribution in [0.3, 0.4) is 0 Å². The van der Waals surface area contributed by atoms with E-state index in [0.29, 0.717) is 6.54 Å². The maximum absolute atomic E-state index is 13.9. The maximum Gasteiger partial charge on any atom is 0.238 e. The molecule has 1 aromatic carbocycles. The van der Waals surface area contributed by atoms with Crippen LogP contribution >= 0.6 is 0 Å². The van der Waals surface area contributed by atoms with E-state index >= 15 is 0 Å². The zero-order chi connectivity index (χ0) is 15.4. The maximum atomic E-state index is 13.9. The molecule has 2 N–H and O–H groups in total. The molecule has 0 aliphatic carbocycles. The SMILES string of the molecule is CNC(=O)C1CNCCN1C(C)c1ccc(OC)c(F)c1. The second-order valence-corrected chi connectivity index (χ2v) is 5.14. The molecule has 1 saturated heterocycles. The third kappa shape index (κ3) is 3.33. The lowest BCUT2D eigenvalue weighted by molar-refractivity contribution is -0.127. The molecule has 1 aromatic rings. The lowest BCUT2D eigenvalue weighted by atomic mass is 10.0. The number of hydrogen-bond donors (Lipinski definition) is 2. The average Bonchev–Trinajstić information content (AvgIpc) is 2.53. The molecule has 1 fully saturated rings. The highest BCUT2D eigenvalue weighted by Crippen LogP contribution is 2.27. The van der Waals surface area contributed by atoms with Gasteiger partial charge in [-0.05, 0) is 24.6 Å². The van der Waals surface area contributed by atoms with E-state index < -0.39 is 0 Å². The molecule has 5 nitrogen and oxygen atoms in total. The summed E-state index contributed by atoms with van der Waals surface area (Å²) in [5.74, 6) is -0.175. The molecule has 116 valence electrons. The van der Waals surface area contributed by atoms with Gasteiger partial charge in [0.15, 0.2) is 11.6 Å². The highest BCUT2D eigenvalue weighted by molar-refractivity contribution is 5.81. The van der Waals surface area contributed by atoms with Gasteiger partial charge in [-0.1, -0.05) is 6.07 Å². The number of nitrogens with zero attached hydrogens (tertiary/aromatic N) is 1. The Kier molecular flexibility index (Phi) is 5.14. The summed E-state index contributed by atoms with van der Waals surface area (Å²) in [7, 11) is 3.08. The first kappa shape index (κ1) is 15.7. The third-order valence-electron chi connectivity index (χ3n) is 3.99. The van der Waals surface area contributed by atoms with Crippen LogP contribution in [0, 0.1) is 5.82 Å². The molecule has 6 heteroatoms. The van der Waals surface area contributed by atoms with E-state index in [-0.39, 0.29) is 29.6 Å². The fourth-order valence-corrected chi connectivity index (χ4v) is 2.73. The number of rotatable bonds is 4. The summed E-state index contributed by atoms with van der Waals surface area (Å²) in [6.45, 7) is 4.15. The molecule has 21 heavy (non-hydrogen) atoms. The van der Waals surface area contributed by atoms with Gasteiger partial charge in [-0.2, -0.15) is 0 Å². The first-order valence-electron chi connectivity index (χ1n) is 7.10. The van der Waals surface area contributed by atoms with E-state index in [4.69, 9.17) is 4.74 Å². The van der Waals surface area contributed by atoms with Crippen LogP contribution in [-0.2, 0) is 4.79 Å². The Bertz CT molecular complexity index is 510. The summed E-state index contributed by atoms with van der Waals surface area (Å²) >= 11 is 0. The molecular weight excluding hydrogens is 273 g/mol. The molecule has 1 aliphatic rings. The van der Waals surface area contributed by atoms with Crippen molar-refractivity contribution in [2.24, 2.45) is 0 Å². The number of piperazine rings is 1. The topological polar surface area (TPSA) is 53.6 Å². The molecule has 1 heterocycles. The van der Waals surface area contributed by atoms with Crippen LogP contribution in [0.25, 0.3) is 0 Å². The zero-order valence-electron chi connectivity index (χ0n) is 12.6. The van der Waals surface area contributed by atoms with Crippen molar-refractivity contribution < 1.29 is 13.9 Å². The minimum absolute atomic E-state index is 0.0250. The number of likely N-dealkylation sites (N-methyl/N-ethyl adjacent to an activating group) is 1. The highest BCUT2D eigenvalue weighted by atomic mass is 19.1. The quantitative estimate of drug-likeness (QED) is 0.867. The van der Waals surface area contributed by atoms with Gasteiger partial charge in [0.1, 0.15) is 6.04 Å². The molecule has 0 spiro atoms. The molecule has 2 rings (SSSR count). The second-order valence-electron chi connectivity index (χ2n) is 5.14. The van der Waals surface area contributed by atoms with E-state index in [1.807, 2.05) is 13.0 Å². The van der Waals surface area contributed by atoms with Crippen LogP contribution in [0.15, 0.2) is 18.2 Å². The van der Waals surface area contributed by atoms with Gasteiger partial charge in [-0.3, -0.25) is 9.69 Å². The summed E-state index contributed by atoms with van der Waals surface area (Å²) in [5, 5.41) is 5.91. The summed E-state index contributed by atoms with van der Waals surface area (Å²) < 4.78 is 18.8. The Balaban J connectivity index is 2.22. The number of benzene rings is 1. The van der Waals surface area contributed by atoms with Crippen molar-refractivity contribution >= 4 is 5.91 Å². The number of ether oxygens (including phenoxy) is 1. The van der Waals surface area contributed by atoms with Crippen LogP contribution in [-0.4, -0.2) is 50.6 Å². The van der Waals surface area contributed by atoms with Crippen molar-refractivity contribution in [2.45, 2.75) is 19.0 Å². The molecular formula is C15H22FN3O2. The lowest BCUT2D eigenvalue weighted by Gasteiger charge is -2.39. The third-order valence-corrected chi connectivity index (χ3v) is 3.99. The summed E-state index contributed by atoms with van der Waals surface area (Å²) in [4.78, 5) is 14.1. The van der Waals surface area contributed by atoms with Gasteiger partial charge in [-0.25, -0.2) is 4.39 Å². The minimum atomic E-state index is -0.381. The van der Waals surface area contributed by atoms with Crippen LogP contribution in [0.4, 0.5) is 4.39 Å². The summed E-state index contributed by atoms with van der Waals surface area (Å²) in [5.41, 5.74) is 0.837. The highest BCUT2D eigenvalue weighted by Gasteiger charge is 2.31. The largest absolute Gasteiger partial charge is 0.494 e. The van der Waals surface area contributed by atoms with Crippen molar-refractivity contribution in [2.75, 3.05) is 33.8 Å². The monoisotopic (exact) mass is 295 g/mol. The minimum Gasteiger partial charge on any atom is -0.494 e. The van der Waals surface area contributed by atoms with Crippen molar-refractivity contribution in [3.8, 4) is 5.75 Å². The molecule has 0 saturated carbocycles. The molecule has 2 unspecified atom stereocenters. The van der Waals surface area contributed by atoms with E-state index in [2.05, 4.69) is 15.5 Å². The smallest absolute Gasteiger partial charge is 0.238 e. The van der Waals surface area contributed by atoms with E-state index in [0.717, 1.165) is 18.7 Å². The van der Waals surface area contributed by atoms with Crippen molar-refractivity contribution in [3.63, 3.8) is 0 Å². The van der Waals surface area contributed by atoms with Gasteiger partial charge in [-0.15, -0.1) is 0 Å². The first-order chi connectivity index (χ1) is 10.1. The predicted octanol–water partition coefficient (Wildman–Crippen LogP) is 0.915. The Morgan fingerprint density at radius 2 is 2.33 bits per heavy atom. The molecule has 1 aliphatic heterocycles. The number of halogens is 1. The Hall–Kier alpha value is -1.66. The molecule has 0 radical (unpaired) electrons. The predicted molar refractivity (Wildman–Crippen MR) is 78.8 cm³/mol. The van der Waals surface area contributed by atoms with Gasteiger partial charge in [0.2, 0.25) is 5.91 Å². The van der Waals surface area contributed by atoms with Gasteiger partial charge in [0.05, 0.1) is 7.11 Å². The Morgan fingerprint density at radius 3 is 2.95 bits per heavy atom. The molecule has 0 bridgehead atoms. The van der Waals surface area contributed by atoms with Crippen molar-refractivity contribution in [3.05, 3.63) is 29.6 Å². The molecule has 2 atom stereocenters. The second kappa shape index (κ2) is 6.87. The van der Waals surface area contributed by atoms with Crippen LogP contribution in [0.1, 0.15) is 18.5 Å². The number of carbonyl (C=O) groups excluding carboxylic acids is 1.